The second-order valence-electron chi connectivity index (χ2n) is 10.2. The van der Waals surface area contributed by atoms with Gasteiger partial charge in [-0.2, -0.15) is 0 Å². The molecule has 8 nitrogen and oxygen atoms in total. The molecule has 4 rings (SSSR count). The second kappa shape index (κ2) is 11.8. The highest BCUT2D eigenvalue weighted by Crippen LogP contribution is 2.48. The molecule has 2 aliphatic rings. The minimum absolute atomic E-state index is 0.0342. The van der Waals surface area contributed by atoms with Crippen LogP contribution in [0.25, 0.3) is 0 Å². The molecular weight excluding hydrogens is 498 g/mol. The zero-order valence-corrected chi connectivity index (χ0v) is 23.7. The lowest BCUT2D eigenvalue weighted by Crippen LogP contribution is -2.36. The molecule has 2 aromatic rings. The van der Waals surface area contributed by atoms with E-state index in [1.807, 2.05) is 51.1 Å². The number of Topliss-reactive ketones (excluding diaryl/α,β-unsaturated/α-hetero) is 1. The minimum Gasteiger partial charge on any atom is -0.497 e. The molecule has 0 amide bonds. The van der Waals surface area contributed by atoms with Crippen LogP contribution in [0.4, 0.5) is 0 Å². The number of hydrogen-bond acceptors (Lipinski definition) is 8. The van der Waals surface area contributed by atoms with Crippen molar-refractivity contribution in [1.29, 1.82) is 0 Å². The summed E-state index contributed by atoms with van der Waals surface area (Å²) in [5.41, 5.74) is 4.13. The van der Waals surface area contributed by atoms with E-state index in [1.165, 1.54) is 0 Å². The lowest BCUT2D eigenvalue weighted by atomic mass is 9.71. The standard InChI is InChI=1S/C31H37NO7/c1-17(2)16-39-31(34)28-18(3)32-23-12-20(19-8-11-25(36-5)27(14-19)38-7)13-24(33)30(23)29(28)22-10-9-21(35-4)15-26(22)37-6/h8-11,14-15,17,20,29,32H,12-13,16H2,1-7H3/t20-,29-/m0/s1. The molecule has 0 saturated heterocycles. The molecule has 0 bridgehead atoms. The van der Waals surface area contributed by atoms with Crippen LogP contribution in [0.15, 0.2) is 58.9 Å². The summed E-state index contributed by atoms with van der Waals surface area (Å²) in [4.78, 5) is 27.4. The number of allylic oxidation sites excluding steroid dienone is 3. The largest absolute Gasteiger partial charge is 0.497 e. The van der Waals surface area contributed by atoms with Gasteiger partial charge in [-0.25, -0.2) is 4.79 Å². The number of esters is 1. The Kier molecular flexibility index (Phi) is 8.53. The molecule has 1 heterocycles. The smallest absolute Gasteiger partial charge is 0.336 e. The molecule has 1 aliphatic heterocycles. The predicted octanol–water partition coefficient (Wildman–Crippen LogP) is 5.28. The van der Waals surface area contributed by atoms with Gasteiger partial charge in [-0.3, -0.25) is 4.79 Å². The molecule has 0 unspecified atom stereocenters. The van der Waals surface area contributed by atoms with Gasteiger partial charge in [0.25, 0.3) is 0 Å². The first-order chi connectivity index (χ1) is 18.7. The van der Waals surface area contributed by atoms with Crippen molar-refractivity contribution >= 4 is 11.8 Å². The molecule has 1 aliphatic carbocycles. The molecule has 2 aromatic carbocycles. The first-order valence-electron chi connectivity index (χ1n) is 13.1. The van der Waals surface area contributed by atoms with Gasteiger partial charge in [0.15, 0.2) is 17.3 Å². The minimum atomic E-state index is -0.638. The van der Waals surface area contributed by atoms with Crippen LogP contribution in [0.1, 0.15) is 56.6 Å². The van der Waals surface area contributed by atoms with Crippen molar-refractivity contribution in [1.82, 2.24) is 5.32 Å². The van der Waals surface area contributed by atoms with Crippen molar-refractivity contribution in [2.75, 3.05) is 35.0 Å². The third kappa shape index (κ3) is 5.60. The highest BCUT2D eigenvalue weighted by Gasteiger charge is 2.42. The molecule has 1 N–H and O–H groups in total. The number of rotatable bonds is 9. The molecular formula is C31H37NO7. The van der Waals surface area contributed by atoms with Gasteiger partial charge >= 0.3 is 5.97 Å². The highest BCUT2D eigenvalue weighted by molar-refractivity contribution is 6.04. The number of dihydropyridines is 1. The van der Waals surface area contributed by atoms with E-state index >= 15 is 0 Å². The highest BCUT2D eigenvalue weighted by atomic mass is 16.5. The second-order valence-corrected chi connectivity index (χ2v) is 10.2. The summed E-state index contributed by atoms with van der Waals surface area (Å²) in [7, 11) is 6.34. The number of ketones is 1. The van der Waals surface area contributed by atoms with E-state index in [4.69, 9.17) is 23.7 Å². The van der Waals surface area contributed by atoms with E-state index in [2.05, 4.69) is 5.32 Å². The number of methoxy groups -OCH3 is 4. The maximum atomic E-state index is 13.9. The molecule has 0 fully saturated rings. The van der Waals surface area contributed by atoms with Gasteiger partial charge in [-0.15, -0.1) is 0 Å². The third-order valence-corrected chi connectivity index (χ3v) is 7.23. The van der Waals surface area contributed by atoms with E-state index in [-0.39, 0.29) is 24.2 Å². The quantitative estimate of drug-likeness (QED) is 0.434. The summed E-state index contributed by atoms with van der Waals surface area (Å²) >= 11 is 0. The van der Waals surface area contributed by atoms with Gasteiger partial charge in [0.2, 0.25) is 0 Å². The number of nitrogens with one attached hydrogen (secondary N) is 1. The van der Waals surface area contributed by atoms with Gasteiger partial charge in [0, 0.05) is 35.0 Å². The Balaban J connectivity index is 1.81. The average Bonchev–Trinajstić information content (AvgIpc) is 2.94. The summed E-state index contributed by atoms with van der Waals surface area (Å²) in [5.74, 6) is 1.39. The van der Waals surface area contributed by atoms with Crippen molar-refractivity contribution < 1.29 is 33.3 Å². The molecule has 0 spiro atoms. The summed E-state index contributed by atoms with van der Waals surface area (Å²) in [6.45, 7) is 6.10. The van der Waals surface area contributed by atoms with Crippen LogP contribution in [0.5, 0.6) is 23.0 Å². The first-order valence-corrected chi connectivity index (χ1v) is 13.1. The molecule has 8 heteroatoms. The van der Waals surface area contributed by atoms with Crippen LogP contribution in [0.2, 0.25) is 0 Å². The maximum Gasteiger partial charge on any atom is 0.336 e. The van der Waals surface area contributed by atoms with E-state index in [1.54, 1.807) is 34.5 Å². The van der Waals surface area contributed by atoms with Crippen LogP contribution in [0.3, 0.4) is 0 Å². The lowest BCUT2D eigenvalue weighted by Gasteiger charge is -2.37. The number of hydrogen-bond donors (Lipinski definition) is 1. The summed E-state index contributed by atoms with van der Waals surface area (Å²) in [6, 6.07) is 11.2. The van der Waals surface area contributed by atoms with Crippen LogP contribution >= 0.6 is 0 Å². The summed E-state index contributed by atoms with van der Waals surface area (Å²) in [5, 5.41) is 3.39. The zero-order chi connectivity index (χ0) is 28.3. The van der Waals surface area contributed by atoms with Crippen molar-refractivity contribution in [3.8, 4) is 23.0 Å². The Morgan fingerprint density at radius 3 is 2.28 bits per heavy atom. The fraction of sp³-hybridized carbons (Fsp3) is 0.419. The van der Waals surface area contributed by atoms with Crippen LogP contribution in [-0.2, 0) is 14.3 Å². The Morgan fingerprint density at radius 1 is 0.923 bits per heavy atom. The van der Waals surface area contributed by atoms with Crippen molar-refractivity contribution in [2.45, 2.75) is 45.4 Å². The van der Waals surface area contributed by atoms with Crippen LogP contribution in [-0.4, -0.2) is 46.8 Å². The maximum absolute atomic E-state index is 13.9. The van der Waals surface area contributed by atoms with E-state index in [0.717, 1.165) is 11.3 Å². The van der Waals surface area contributed by atoms with E-state index in [0.29, 0.717) is 58.2 Å². The fourth-order valence-electron chi connectivity index (χ4n) is 5.34. The number of benzene rings is 2. The molecule has 0 radical (unpaired) electrons. The third-order valence-electron chi connectivity index (χ3n) is 7.23. The van der Waals surface area contributed by atoms with Gasteiger partial charge in [0.1, 0.15) is 11.5 Å². The van der Waals surface area contributed by atoms with E-state index < -0.39 is 11.9 Å². The average molecular weight is 536 g/mol. The summed E-state index contributed by atoms with van der Waals surface area (Å²) in [6.07, 6.45) is 0.884. The predicted molar refractivity (Wildman–Crippen MR) is 147 cm³/mol. The normalized spacial score (nSPS) is 18.9. The Bertz CT molecular complexity index is 1320. The Labute approximate surface area is 229 Å². The van der Waals surface area contributed by atoms with Crippen molar-refractivity contribution in [2.24, 2.45) is 5.92 Å². The van der Waals surface area contributed by atoms with Crippen LogP contribution < -0.4 is 24.3 Å². The SMILES string of the molecule is COc1ccc([C@H]2C(C(=O)OCC(C)C)=C(C)NC3=C2C(=O)C[C@@H](c2ccc(OC)c(OC)c2)C3)c(OC)c1. The first kappa shape index (κ1) is 28.1. The molecule has 0 saturated carbocycles. The van der Waals surface area contributed by atoms with E-state index in [9.17, 15) is 9.59 Å². The molecule has 39 heavy (non-hydrogen) atoms. The zero-order valence-electron chi connectivity index (χ0n) is 23.7. The van der Waals surface area contributed by atoms with Gasteiger partial charge in [-0.1, -0.05) is 26.0 Å². The van der Waals surface area contributed by atoms with Gasteiger partial charge in [-0.05, 0) is 48.9 Å². The number of carbonyl (C=O) groups is 2. The number of ether oxygens (including phenoxy) is 5. The lowest BCUT2D eigenvalue weighted by molar-refractivity contribution is -0.140. The molecule has 2 atom stereocenters. The Morgan fingerprint density at radius 2 is 1.64 bits per heavy atom. The van der Waals surface area contributed by atoms with Crippen LogP contribution in [0, 0.1) is 5.92 Å². The van der Waals surface area contributed by atoms with Gasteiger partial charge < -0.3 is 29.0 Å². The Hall–Kier alpha value is -3.94. The number of carbonyl (C=O) groups excluding carboxylic acids is 2. The monoisotopic (exact) mass is 535 g/mol. The van der Waals surface area contributed by atoms with Crippen molar-refractivity contribution in [3.05, 3.63) is 70.1 Å². The van der Waals surface area contributed by atoms with Crippen molar-refractivity contribution in [3.63, 3.8) is 0 Å². The summed E-state index contributed by atoms with van der Waals surface area (Å²) < 4.78 is 27.7. The fourth-order valence-corrected chi connectivity index (χ4v) is 5.34. The molecule has 208 valence electrons. The van der Waals surface area contributed by atoms with Gasteiger partial charge in [0.05, 0.1) is 46.5 Å². The molecule has 0 aromatic heterocycles. The topological polar surface area (TPSA) is 92.3 Å².